The fourth-order valence-corrected chi connectivity index (χ4v) is 4.55. The number of hydrogen-bond acceptors (Lipinski definition) is 5. The summed E-state index contributed by atoms with van der Waals surface area (Å²) in [6, 6.07) is 7.84. The van der Waals surface area contributed by atoms with Crippen molar-refractivity contribution in [3.63, 3.8) is 0 Å². The topological polar surface area (TPSA) is 72.7 Å². The third kappa shape index (κ3) is 3.73. The Hall–Kier alpha value is -3.06. The zero-order valence-electron chi connectivity index (χ0n) is 17.8. The Morgan fingerprint density at radius 3 is 2.50 bits per heavy atom. The number of amides is 1. The molecular formula is C23H25N5OS. The lowest BCUT2D eigenvalue weighted by Gasteiger charge is -2.15. The number of fused-ring (bicyclic) bond motifs is 1. The summed E-state index contributed by atoms with van der Waals surface area (Å²) < 4.78 is 1.87. The number of carbonyl (C=O) groups excluding carboxylic acids is 1. The highest BCUT2D eigenvalue weighted by Gasteiger charge is 2.21. The van der Waals surface area contributed by atoms with Gasteiger partial charge in [0.1, 0.15) is 0 Å². The van der Waals surface area contributed by atoms with Crippen LogP contribution in [-0.2, 0) is 0 Å². The minimum atomic E-state index is -0.141. The average Bonchev–Trinajstić information content (AvgIpc) is 3.30. The molecule has 0 fully saturated rings. The Kier molecular flexibility index (Phi) is 5.39. The van der Waals surface area contributed by atoms with Gasteiger partial charge in [0.15, 0.2) is 5.65 Å². The molecule has 0 saturated heterocycles. The predicted molar refractivity (Wildman–Crippen MR) is 121 cm³/mol. The highest BCUT2D eigenvalue weighted by atomic mass is 32.1. The van der Waals surface area contributed by atoms with Crippen LogP contribution in [0.25, 0.3) is 22.3 Å². The zero-order valence-corrected chi connectivity index (χ0v) is 18.6. The molecule has 1 N–H and O–H groups in total. The molecule has 0 radical (unpaired) electrons. The molecule has 0 bridgehead atoms. The normalized spacial score (nSPS) is 12.5. The van der Waals surface area contributed by atoms with Gasteiger partial charge in [-0.15, -0.1) is 11.3 Å². The summed E-state index contributed by atoms with van der Waals surface area (Å²) in [6.07, 6.45) is 5.20. The number of thiophene rings is 1. The van der Waals surface area contributed by atoms with Gasteiger partial charge in [-0.3, -0.25) is 9.78 Å². The predicted octanol–water partition coefficient (Wildman–Crippen LogP) is 5.24. The van der Waals surface area contributed by atoms with Crippen LogP contribution >= 0.6 is 11.3 Å². The summed E-state index contributed by atoms with van der Waals surface area (Å²) in [4.78, 5) is 24.7. The van der Waals surface area contributed by atoms with Gasteiger partial charge in [-0.05, 0) is 64.4 Å². The molecule has 1 amide bonds. The Morgan fingerprint density at radius 1 is 1.13 bits per heavy atom. The first-order valence-corrected chi connectivity index (χ1v) is 10.8. The van der Waals surface area contributed by atoms with Crippen LogP contribution < -0.4 is 5.32 Å². The maximum atomic E-state index is 13.3. The Bertz CT molecular complexity index is 1210. The van der Waals surface area contributed by atoms with Crippen molar-refractivity contribution in [3.8, 4) is 11.3 Å². The second-order valence-corrected chi connectivity index (χ2v) is 9.24. The van der Waals surface area contributed by atoms with E-state index in [0.29, 0.717) is 5.56 Å². The molecule has 7 heteroatoms. The second-order valence-electron chi connectivity index (χ2n) is 7.78. The van der Waals surface area contributed by atoms with Crippen molar-refractivity contribution in [2.75, 3.05) is 0 Å². The Morgan fingerprint density at radius 2 is 1.87 bits per heavy atom. The van der Waals surface area contributed by atoms with Crippen LogP contribution in [0.15, 0.2) is 42.9 Å². The summed E-state index contributed by atoms with van der Waals surface area (Å²) in [5.74, 6) is -0.138. The van der Waals surface area contributed by atoms with Gasteiger partial charge in [0.2, 0.25) is 0 Å². The summed E-state index contributed by atoms with van der Waals surface area (Å²) in [5.41, 5.74) is 4.19. The molecule has 0 aliphatic carbocycles. The van der Waals surface area contributed by atoms with Crippen molar-refractivity contribution in [3.05, 3.63) is 63.7 Å². The van der Waals surface area contributed by atoms with Crippen LogP contribution in [0.1, 0.15) is 58.5 Å². The highest BCUT2D eigenvalue weighted by molar-refractivity contribution is 7.12. The van der Waals surface area contributed by atoms with E-state index < -0.39 is 0 Å². The van der Waals surface area contributed by atoms with E-state index in [1.807, 2.05) is 29.8 Å². The van der Waals surface area contributed by atoms with Crippen LogP contribution in [0.2, 0.25) is 0 Å². The van der Waals surface area contributed by atoms with Crippen molar-refractivity contribution in [1.29, 1.82) is 0 Å². The van der Waals surface area contributed by atoms with Crippen LogP contribution in [0.3, 0.4) is 0 Å². The fraction of sp³-hybridized carbons (Fsp3) is 0.304. The van der Waals surface area contributed by atoms with Gasteiger partial charge in [-0.2, -0.15) is 5.10 Å². The number of rotatable bonds is 5. The maximum Gasteiger partial charge on any atom is 0.252 e. The van der Waals surface area contributed by atoms with Crippen LogP contribution in [-0.4, -0.2) is 25.7 Å². The summed E-state index contributed by atoms with van der Waals surface area (Å²) in [5, 5.41) is 8.38. The van der Waals surface area contributed by atoms with Crippen LogP contribution in [0, 0.1) is 13.8 Å². The number of aromatic nitrogens is 4. The molecule has 154 valence electrons. The number of aryl methyl sites for hydroxylation is 2. The van der Waals surface area contributed by atoms with Gasteiger partial charge in [0.25, 0.3) is 5.91 Å². The largest absolute Gasteiger partial charge is 0.345 e. The van der Waals surface area contributed by atoms with E-state index in [-0.39, 0.29) is 18.0 Å². The van der Waals surface area contributed by atoms with E-state index in [1.54, 1.807) is 29.9 Å². The molecular weight excluding hydrogens is 394 g/mol. The smallest absolute Gasteiger partial charge is 0.252 e. The van der Waals surface area contributed by atoms with E-state index in [1.165, 1.54) is 9.75 Å². The van der Waals surface area contributed by atoms with E-state index >= 15 is 0 Å². The summed E-state index contributed by atoms with van der Waals surface area (Å²) in [7, 11) is 0. The summed E-state index contributed by atoms with van der Waals surface area (Å²) in [6.45, 7) is 10.3. The first kappa shape index (κ1) is 20.2. The van der Waals surface area contributed by atoms with E-state index in [9.17, 15) is 4.79 Å². The molecule has 1 atom stereocenters. The molecule has 0 spiro atoms. The van der Waals surface area contributed by atoms with Crippen LogP contribution in [0.4, 0.5) is 0 Å². The van der Waals surface area contributed by atoms with Gasteiger partial charge in [-0.1, -0.05) is 0 Å². The van der Waals surface area contributed by atoms with Gasteiger partial charge >= 0.3 is 0 Å². The van der Waals surface area contributed by atoms with Gasteiger partial charge < -0.3 is 5.32 Å². The monoisotopic (exact) mass is 419 g/mol. The van der Waals surface area contributed by atoms with Gasteiger partial charge in [0, 0.05) is 33.8 Å². The van der Waals surface area contributed by atoms with Crippen LogP contribution in [0.5, 0.6) is 0 Å². The van der Waals surface area contributed by atoms with Crippen molar-refractivity contribution in [1.82, 2.24) is 25.1 Å². The average molecular weight is 420 g/mol. The van der Waals surface area contributed by atoms with Crippen molar-refractivity contribution in [2.24, 2.45) is 0 Å². The second kappa shape index (κ2) is 7.99. The highest BCUT2D eigenvalue weighted by Crippen LogP contribution is 2.32. The molecule has 0 aliphatic heterocycles. The molecule has 4 heterocycles. The fourth-order valence-electron chi connectivity index (χ4n) is 3.62. The Labute approximate surface area is 180 Å². The lowest BCUT2D eigenvalue weighted by atomic mass is 10.1. The number of nitrogens with one attached hydrogen (secondary N) is 1. The first-order valence-electron chi connectivity index (χ1n) is 10.0. The minimum absolute atomic E-state index is 0.138. The number of nitrogens with zero attached hydrogens (tertiary/aromatic N) is 4. The maximum absolute atomic E-state index is 13.3. The standard InChI is InChI=1S/C23H25N5OS/c1-13(2)28-22-20(12-25-28)19(11-21(27-22)18-10-14(3)30-16(18)5)23(29)26-15(4)17-6-8-24-9-7-17/h6-13,15H,1-5H3,(H,26,29). The Balaban J connectivity index is 1.81. The summed E-state index contributed by atoms with van der Waals surface area (Å²) >= 11 is 1.74. The third-order valence-electron chi connectivity index (χ3n) is 5.17. The van der Waals surface area contributed by atoms with Crippen molar-refractivity contribution in [2.45, 2.75) is 46.7 Å². The lowest BCUT2D eigenvalue weighted by molar-refractivity contribution is 0.0941. The minimum Gasteiger partial charge on any atom is -0.345 e. The molecule has 0 saturated carbocycles. The van der Waals surface area contributed by atoms with E-state index in [0.717, 1.165) is 27.9 Å². The van der Waals surface area contributed by atoms with Gasteiger partial charge in [0.05, 0.1) is 28.9 Å². The number of pyridine rings is 2. The molecule has 4 aromatic heterocycles. The molecule has 0 aliphatic rings. The molecule has 4 rings (SSSR count). The molecule has 30 heavy (non-hydrogen) atoms. The molecule has 0 aromatic carbocycles. The molecule has 4 aromatic rings. The SMILES string of the molecule is Cc1cc(-c2cc(C(=O)NC(C)c3ccncc3)c3cnn(C(C)C)c3n2)c(C)s1. The van der Waals surface area contributed by atoms with E-state index in [4.69, 9.17) is 4.98 Å². The van der Waals surface area contributed by atoms with E-state index in [2.05, 4.69) is 49.2 Å². The zero-order chi connectivity index (χ0) is 21.4. The molecule has 6 nitrogen and oxygen atoms in total. The van der Waals surface area contributed by atoms with Crippen molar-refractivity contribution >= 4 is 28.3 Å². The first-order chi connectivity index (χ1) is 14.3. The third-order valence-corrected chi connectivity index (χ3v) is 6.14. The van der Waals surface area contributed by atoms with Gasteiger partial charge in [-0.25, -0.2) is 9.67 Å². The molecule has 1 unspecified atom stereocenters. The number of hydrogen-bond donors (Lipinski definition) is 1. The van der Waals surface area contributed by atoms with Crippen molar-refractivity contribution < 1.29 is 4.79 Å². The number of carbonyl (C=O) groups is 1. The lowest BCUT2D eigenvalue weighted by Crippen LogP contribution is -2.27. The quantitative estimate of drug-likeness (QED) is 0.480.